The van der Waals surface area contributed by atoms with Crippen LogP contribution in [0.15, 0.2) is 12.3 Å². The van der Waals surface area contributed by atoms with Gasteiger partial charge in [-0.1, -0.05) is 12.8 Å². The van der Waals surface area contributed by atoms with Crippen LogP contribution < -0.4 is 11.1 Å². The molecule has 1 aliphatic rings. The van der Waals surface area contributed by atoms with Gasteiger partial charge in [-0.05, 0) is 25.8 Å². The average molecular weight is 288 g/mol. The zero-order valence-corrected chi connectivity index (χ0v) is 12.2. The van der Waals surface area contributed by atoms with Gasteiger partial charge in [-0.15, -0.1) is 0 Å². The van der Waals surface area contributed by atoms with E-state index in [9.17, 15) is 4.79 Å². The zero-order chi connectivity index (χ0) is 15.3. The molecule has 0 radical (unpaired) electrons. The van der Waals surface area contributed by atoms with Crippen LogP contribution in [0.4, 0.5) is 11.5 Å². The Kier molecular flexibility index (Phi) is 4.63. The van der Waals surface area contributed by atoms with Gasteiger partial charge in [-0.25, -0.2) is 4.98 Å². The van der Waals surface area contributed by atoms with Crippen LogP contribution in [0, 0.1) is 16.7 Å². The minimum Gasteiger partial charge on any atom is -0.466 e. The molecule has 1 aliphatic carbocycles. The standard InChI is InChI=1S/C15H20N4O2/c1-2-21-14(20)15(6-3-4-7-15)10-19-12-5-8-18-13(17)11(12)9-16/h5,8H,2-4,6-7,10H2,1H3,(H3,17,18,19). The molecule has 21 heavy (non-hydrogen) atoms. The van der Waals surface area contributed by atoms with Crippen molar-refractivity contribution in [2.45, 2.75) is 32.6 Å². The van der Waals surface area contributed by atoms with E-state index < -0.39 is 5.41 Å². The van der Waals surface area contributed by atoms with Crippen molar-refractivity contribution < 1.29 is 9.53 Å². The third-order valence-electron chi connectivity index (χ3n) is 3.98. The van der Waals surface area contributed by atoms with E-state index in [1.54, 1.807) is 12.3 Å². The fourth-order valence-corrected chi connectivity index (χ4v) is 2.80. The average Bonchev–Trinajstić information content (AvgIpc) is 2.95. The Morgan fingerprint density at radius 3 is 2.90 bits per heavy atom. The SMILES string of the molecule is CCOC(=O)C1(CNc2ccnc(N)c2C#N)CCCC1. The quantitative estimate of drug-likeness (QED) is 0.804. The third-order valence-corrected chi connectivity index (χ3v) is 3.98. The molecule has 1 aromatic heterocycles. The molecule has 3 N–H and O–H groups in total. The van der Waals surface area contributed by atoms with Gasteiger partial charge < -0.3 is 15.8 Å². The molecule has 0 aliphatic heterocycles. The lowest BCUT2D eigenvalue weighted by Crippen LogP contribution is -2.37. The van der Waals surface area contributed by atoms with Crippen LogP contribution in [0.25, 0.3) is 0 Å². The number of carbonyl (C=O) groups excluding carboxylic acids is 1. The van der Waals surface area contributed by atoms with Crippen molar-refractivity contribution in [1.82, 2.24) is 4.98 Å². The van der Waals surface area contributed by atoms with Crippen LogP contribution in [0.1, 0.15) is 38.2 Å². The van der Waals surface area contributed by atoms with Gasteiger partial charge in [-0.3, -0.25) is 4.79 Å². The molecule has 1 heterocycles. The molecule has 112 valence electrons. The summed E-state index contributed by atoms with van der Waals surface area (Å²) >= 11 is 0. The van der Waals surface area contributed by atoms with E-state index >= 15 is 0 Å². The Bertz CT molecular complexity index is 559. The number of aromatic nitrogens is 1. The van der Waals surface area contributed by atoms with Crippen molar-refractivity contribution in [3.8, 4) is 6.07 Å². The Morgan fingerprint density at radius 2 is 2.29 bits per heavy atom. The maximum Gasteiger partial charge on any atom is 0.313 e. The van der Waals surface area contributed by atoms with Crippen LogP contribution in [-0.2, 0) is 9.53 Å². The number of rotatable bonds is 5. The van der Waals surface area contributed by atoms with Gasteiger partial charge in [0.2, 0.25) is 0 Å². The summed E-state index contributed by atoms with van der Waals surface area (Å²) in [6, 6.07) is 3.74. The number of hydrogen-bond donors (Lipinski definition) is 2. The van der Waals surface area contributed by atoms with Crippen LogP contribution in [0.5, 0.6) is 0 Å². The van der Waals surface area contributed by atoms with E-state index in [4.69, 9.17) is 15.7 Å². The number of ether oxygens (including phenoxy) is 1. The van der Waals surface area contributed by atoms with E-state index in [1.165, 1.54) is 0 Å². The van der Waals surface area contributed by atoms with Crippen molar-refractivity contribution in [1.29, 1.82) is 5.26 Å². The Balaban J connectivity index is 2.15. The van der Waals surface area contributed by atoms with Crippen LogP contribution >= 0.6 is 0 Å². The Hall–Kier alpha value is -2.29. The Morgan fingerprint density at radius 1 is 1.57 bits per heavy atom. The number of nitriles is 1. The smallest absolute Gasteiger partial charge is 0.313 e. The summed E-state index contributed by atoms with van der Waals surface area (Å²) in [5, 5.41) is 12.3. The highest BCUT2D eigenvalue weighted by atomic mass is 16.5. The van der Waals surface area contributed by atoms with Crippen LogP contribution in [0.3, 0.4) is 0 Å². The first-order chi connectivity index (χ1) is 10.1. The highest BCUT2D eigenvalue weighted by Crippen LogP contribution is 2.39. The molecule has 6 heteroatoms. The predicted molar refractivity (Wildman–Crippen MR) is 79.4 cm³/mol. The lowest BCUT2D eigenvalue weighted by atomic mass is 9.86. The summed E-state index contributed by atoms with van der Waals surface area (Å²) in [6.07, 6.45) is 5.20. The molecule has 0 bridgehead atoms. The lowest BCUT2D eigenvalue weighted by Gasteiger charge is -2.27. The fourth-order valence-electron chi connectivity index (χ4n) is 2.80. The normalized spacial score (nSPS) is 16.2. The molecule has 1 aromatic rings. The second kappa shape index (κ2) is 6.44. The first-order valence-corrected chi connectivity index (χ1v) is 7.18. The van der Waals surface area contributed by atoms with Gasteiger partial charge in [0.15, 0.2) is 0 Å². The van der Waals surface area contributed by atoms with Gasteiger partial charge in [0.25, 0.3) is 0 Å². The molecular weight excluding hydrogens is 268 g/mol. The minimum atomic E-state index is -0.499. The number of nitrogens with two attached hydrogens (primary N) is 1. The first kappa shape index (κ1) is 15.1. The molecule has 0 amide bonds. The topological polar surface area (TPSA) is 101 Å². The van der Waals surface area contributed by atoms with Crippen molar-refractivity contribution >= 4 is 17.5 Å². The van der Waals surface area contributed by atoms with E-state index in [2.05, 4.69) is 10.3 Å². The highest BCUT2D eigenvalue weighted by Gasteiger charge is 2.42. The summed E-state index contributed by atoms with van der Waals surface area (Å²) in [5.74, 6) is 0.0367. The maximum atomic E-state index is 12.2. The number of anilines is 2. The monoisotopic (exact) mass is 288 g/mol. The van der Waals surface area contributed by atoms with E-state index in [0.717, 1.165) is 25.7 Å². The molecule has 0 aromatic carbocycles. The molecular formula is C15H20N4O2. The molecule has 1 fully saturated rings. The first-order valence-electron chi connectivity index (χ1n) is 7.18. The summed E-state index contributed by atoms with van der Waals surface area (Å²) in [7, 11) is 0. The molecule has 1 saturated carbocycles. The summed E-state index contributed by atoms with van der Waals surface area (Å²) in [4.78, 5) is 16.1. The number of nitrogens with zero attached hydrogens (tertiary/aromatic N) is 2. The van der Waals surface area contributed by atoms with Gasteiger partial charge in [0.1, 0.15) is 17.5 Å². The second-order valence-corrected chi connectivity index (χ2v) is 5.29. The molecule has 0 atom stereocenters. The maximum absolute atomic E-state index is 12.2. The molecule has 0 spiro atoms. The summed E-state index contributed by atoms with van der Waals surface area (Å²) in [5.41, 5.74) is 6.12. The number of nitrogens with one attached hydrogen (secondary N) is 1. The van der Waals surface area contributed by atoms with Crippen LogP contribution in [0.2, 0.25) is 0 Å². The summed E-state index contributed by atoms with van der Waals surface area (Å²) in [6.45, 7) is 2.64. The van der Waals surface area contributed by atoms with Crippen molar-refractivity contribution in [3.63, 3.8) is 0 Å². The van der Waals surface area contributed by atoms with Gasteiger partial charge in [-0.2, -0.15) is 5.26 Å². The number of carbonyl (C=O) groups is 1. The van der Waals surface area contributed by atoms with Crippen molar-refractivity contribution in [2.75, 3.05) is 24.2 Å². The largest absolute Gasteiger partial charge is 0.466 e. The van der Waals surface area contributed by atoms with Gasteiger partial charge in [0, 0.05) is 12.7 Å². The third kappa shape index (κ3) is 3.07. The van der Waals surface area contributed by atoms with Gasteiger partial charge >= 0.3 is 5.97 Å². The number of esters is 1. The number of nitrogen functional groups attached to an aromatic ring is 1. The van der Waals surface area contributed by atoms with E-state index in [0.29, 0.717) is 24.4 Å². The van der Waals surface area contributed by atoms with Crippen molar-refractivity contribution in [2.24, 2.45) is 5.41 Å². The molecule has 0 unspecified atom stereocenters. The van der Waals surface area contributed by atoms with E-state index in [-0.39, 0.29) is 11.8 Å². The second-order valence-electron chi connectivity index (χ2n) is 5.29. The molecule has 6 nitrogen and oxygen atoms in total. The van der Waals surface area contributed by atoms with Crippen molar-refractivity contribution in [3.05, 3.63) is 17.8 Å². The summed E-state index contributed by atoms with van der Waals surface area (Å²) < 4.78 is 5.22. The Labute approximate surface area is 124 Å². The van der Waals surface area contributed by atoms with Crippen LogP contribution in [-0.4, -0.2) is 24.1 Å². The number of hydrogen-bond acceptors (Lipinski definition) is 6. The predicted octanol–water partition coefficient (Wildman–Crippen LogP) is 2.07. The molecule has 2 rings (SSSR count). The van der Waals surface area contributed by atoms with E-state index in [1.807, 2.05) is 13.0 Å². The highest BCUT2D eigenvalue weighted by molar-refractivity contribution is 5.78. The zero-order valence-electron chi connectivity index (χ0n) is 12.2. The lowest BCUT2D eigenvalue weighted by molar-refractivity contribution is -0.154. The van der Waals surface area contributed by atoms with Gasteiger partial charge in [0.05, 0.1) is 17.7 Å². The minimum absolute atomic E-state index is 0.157. The fraction of sp³-hybridized carbons (Fsp3) is 0.533. The number of pyridine rings is 1. The molecule has 0 saturated heterocycles.